The molecule has 3 aromatic carbocycles. The Morgan fingerprint density at radius 3 is 2.15 bits per heavy atom. The Morgan fingerprint density at radius 2 is 1.57 bits per heavy atom. The van der Waals surface area contributed by atoms with Crippen LogP contribution in [0.1, 0.15) is 43.9 Å². The number of likely N-dealkylation sites (N-methyl/N-ethyl adjacent to an activating group) is 1. The summed E-state index contributed by atoms with van der Waals surface area (Å²) < 4.78 is 34.5. The van der Waals surface area contributed by atoms with Gasteiger partial charge in [-0.15, -0.1) is 0 Å². The number of hydrogen-bond acceptors (Lipinski definition) is 5. The van der Waals surface area contributed by atoms with Crippen molar-refractivity contribution in [2.75, 3.05) is 24.0 Å². The van der Waals surface area contributed by atoms with Gasteiger partial charge in [0, 0.05) is 13.1 Å². The summed E-state index contributed by atoms with van der Waals surface area (Å²) in [5, 5.41) is 2.82. The van der Waals surface area contributed by atoms with Crippen LogP contribution in [0.2, 0.25) is 0 Å². The number of nitrogens with one attached hydrogen (secondary N) is 1. The van der Waals surface area contributed by atoms with Crippen molar-refractivity contribution in [3.05, 3.63) is 89.5 Å². The maximum Gasteiger partial charge on any atom is 0.264 e. The number of carbonyl (C=O) groups is 2. The molecular formula is C31H39N3O5S. The number of amides is 2. The highest BCUT2D eigenvalue weighted by molar-refractivity contribution is 7.92. The second-order valence-electron chi connectivity index (χ2n) is 9.58. The summed E-state index contributed by atoms with van der Waals surface area (Å²) in [6.45, 7) is 9.94. The quantitative estimate of drug-likeness (QED) is 0.320. The van der Waals surface area contributed by atoms with E-state index in [0.717, 1.165) is 21.0 Å². The van der Waals surface area contributed by atoms with Gasteiger partial charge >= 0.3 is 0 Å². The number of carbonyl (C=O) groups excluding carboxylic acids is 2. The van der Waals surface area contributed by atoms with Gasteiger partial charge in [0.05, 0.1) is 17.2 Å². The van der Waals surface area contributed by atoms with Crippen LogP contribution >= 0.6 is 0 Å². The second kappa shape index (κ2) is 14.0. The molecule has 40 heavy (non-hydrogen) atoms. The van der Waals surface area contributed by atoms with Crippen LogP contribution in [0, 0.1) is 13.8 Å². The van der Waals surface area contributed by atoms with Crippen LogP contribution in [0.4, 0.5) is 5.69 Å². The van der Waals surface area contributed by atoms with Crippen molar-refractivity contribution in [1.29, 1.82) is 0 Å². The van der Waals surface area contributed by atoms with Crippen molar-refractivity contribution in [1.82, 2.24) is 10.2 Å². The average Bonchev–Trinajstić information content (AvgIpc) is 2.93. The molecule has 0 fully saturated rings. The zero-order valence-corrected chi connectivity index (χ0v) is 24.7. The van der Waals surface area contributed by atoms with E-state index in [9.17, 15) is 18.0 Å². The fourth-order valence-corrected chi connectivity index (χ4v) is 5.87. The molecule has 0 saturated heterocycles. The molecule has 8 nitrogen and oxygen atoms in total. The molecule has 1 atom stereocenters. The van der Waals surface area contributed by atoms with Gasteiger partial charge in [-0.25, -0.2) is 8.42 Å². The van der Waals surface area contributed by atoms with Crippen LogP contribution in [-0.4, -0.2) is 50.9 Å². The molecular weight excluding hydrogens is 526 g/mol. The zero-order valence-electron chi connectivity index (χ0n) is 23.9. The highest BCUT2D eigenvalue weighted by Crippen LogP contribution is 2.26. The van der Waals surface area contributed by atoms with Gasteiger partial charge in [-0.05, 0) is 76.1 Å². The fourth-order valence-electron chi connectivity index (χ4n) is 4.46. The molecule has 0 aliphatic carbocycles. The third-order valence-electron chi connectivity index (χ3n) is 6.50. The molecule has 0 bridgehead atoms. The number of benzene rings is 3. The number of ether oxygens (including phenoxy) is 1. The number of nitrogens with zero attached hydrogens (tertiary/aromatic N) is 2. The van der Waals surface area contributed by atoms with E-state index in [1.54, 1.807) is 36.4 Å². The topological polar surface area (TPSA) is 96.0 Å². The fraction of sp³-hybridized carbons (Fsp3) is 0.355. The Labute approximate surface area is 238 Å². The maximum absolute atomic E-state index is 14.0. The number of aryl methyl sites for hydroxylation is 2. The van der Waals surface area contributed by atoms with Gasteiger partial charge in [-0.2, -0.15) is 0 Å². The first-order valence-electron chi connectivity index (χ1n) is 13.6. The second-order valence-corrected chi connectivity index (χ2v) is 11.4. The van der Waals surface area contributed by atoms with Crippen LogP contribution < -0.4 is 14.4 Å². The summed E-state index contributed by atoms with van der Waals surface area (Å²) in [5.74, 6) is -0.201. The van der Waals surface area contributed by atoms with Crippen LogP contribution in [0.5, 0.6) is 5.75 Å². The Hall–Kier alpha value is -3.85. The van der Waals surface area contributed by atoms with E-state index in [0.29, 0.717) is 31.0 Å². The van der Waals surface area contributed by atoms with E-state index in [4.69, 9.17) is 4.74 Å². The molecule has 0 aliphatic heterocycles. The highest BCUT2D eigenvalue weighted by Gasteiger charge is 2.33. The first-order valence-corrected chi connectivity index (χ1v) is 15.0. The largest absolute Gasteiger partial charge is 0.494 e. The first-order chi connectivity index (χ1) is 19.1. The van der Waals surface area contributed by atoms with Crippen molar-refractivity contribution in [3.8, 4) is 5.75 Å². The average molecular weight is 566 g/mol. The van der Waals surface area contributed by atoms with Gasteiger partial charge < -0.3 is 15.0 Å². The normalized spacial score (nSPS) is 11.9. The smallest absolute Gasteiger partial charge is 0.264 e. The molecule has 1 N–H and O–H groups in total. The lowest BCUT2D eigenvalue weighted by Crippen LogP contribution is -2.52. The molecule has 0 heterocycles. The van der Waals surface area contributed by atoms with Gasteiger partial charge in [0.1, 0.15) is 18.3 Å². The van der Waals surface area contributed by atoms with Crippen LogP contribution in [0.3, 0.4) is 0 Å². The Morgan fingerprint density at radius 1 is 0.900 bits per heavy atom. The number of rotatable bonds is 13. The Kier molecular flexibility index (Phi) is 10.7. The van der Waals surface area contributed by atoms with E-state index in [1.165, 1.54) is 17.0 Å². The molecule has 9 heteroatoms. The van der Waals surface area contributed by atoms with Gasteiger partial charge in [0.25, 0.3) is 10.0 Å². The van der Waals surface area contributed by atoms with Crippen molar-refractivity contribution >= 4 is 27.5 Å². The lowest BCUT2D eigenvalue weighted by molar-refractivity contribution is -0.140. The first kappa shape index (κ1) is 30.7. The summed E-state index contributed by atoms with van der Waals surface area (Å²) in [7, 11) is -4.14. The minimum atomic E-state index is -4.14. The molecule has 0 aromatic heterocycles. The number of sulfonamides is 1. The molecule has 0 aliphatic rings. The summed E-state index contributed by atoms with van der Waals surface area (Å²) in [5.41, 5.74) is 3.19. The third kappa shape index (κ3) is 7.63. The minimum absolute atomic E-state index is 0.0327. The zero-order chi connectivity index (χ0) is 29.3. The number of anilines is 1. The molecule has 214 valence electrons. The standard InChI is InChI=1S/C31H39N3O5S/c1-6-29(31(36)32-7-2)33(21-25-11-9-10-24(5)20-25)30(35)22-34(26-14-12-23(4)13-15-26)40(37,38)28-18-16-27(17-19-28)39-8-3/h9-20,29H,6-8,21-22H2,1-5H3,(H,32,36)/t29-/m0/s1. The van der Waals surface area contributed by atoms with Crippen LogP contribution in [0.15, 0.2) is 77.7 Å². The van der Waals surface area contributed by atoms with Gasteiger partial charge in [-0.1, -0.05) is 54.4 Å². The molecule has 3 rings (SSSR count). The van der Waals surface area contributed by atoms with E-state index in [2.05, 4.69) is 5.32 Å². The molecule has 0 unspecified atom stereocenters. The Bertz CT molecular complexity index is 1390. The molecule has 0 saturated carbocycles. The summed E-state index contributed by atoms with van der Waals surface area (Å²) in [4.78, 5) is 28.6. The number of hydrogen-bond donors (Lipinski definition) is 1. The molecule has 0 spiro atoms. The summed E-state index contributed by atoms with van der Waals surface area (Å²) in [6, 6.07) is 20.0. The van der Waals surface area contributed by atoms with E-state index in [-0.39, 0.29) is 17.3 Å². The van der Waals surface area contributed by atoms with E-state index < -0.39 is 28.5 Å². The molecule has 0 radical (unpaired) electrons. The lowest BCUT2D eigenvalue weighted by Gasteiger charge is -2.33. The minimum Gasteiger partial charge on any atom is -0.494 e. The van der Waals surface area contributed by atoms with Crippen LogP contribution in [-0.2, 0) is 26.2 Å². The lowest BCUT2D eigenvalue weighted by atomic mass is 10.1. The van der Waals surface area contributed by atoms with Crippen molar-refractivity contribution in [3.63, 3.8) is 0 Å². The van der Waals surface area contributed by atoms with Gasteiger partial charge in [-0.3, -0.25) is 13.9 Å². The Balaban J connectivity index is 2.04. The summed E-state index contributed by atoms with van der Waals surface area (Å²) in [6.07, 6.45) is 0.375. The predicted octanol–water partition coefficient (Wildman–Crippen LogP) is 4.84. The molecule has 3 aromatic rings. The van der Waals surface area contributed by atoms with Crippen LogP contribution in [0.25, 0.3) is 0 Å². The SMILES string of the molecule is CCNC(=O)[C@H](CC)N(Cc1cccc(C)c1)C(=O)CN(c1ccc(C)cc1)S(=O)(=O)c1ccc(OCC)cc1. The predicted molar refractivity (Wildman–Crippen MR) is 158 cm³/mol. The van der Waals surface area contributed by atoms with E-state index in [1.807, 2.05) is 58.9 Å². The maximum atomic E-state index is 14.0. The van der Waals surface area contributed by atoms with E-state index >= 15 is 0 Å². The monoisotopic (exact) mass is 565 g/mol. The highest BCUT2D eigenvalue weighted by atomic mass is 32.2. The van der Waals surface area contributed by atoms with Crippen molar-refractivity contribution in [2.45, 2.75) is 58.5 Å². The van der Waals surface area contributed by atoms with Gasteiger partial charge in [0.2, 0.25) is 11.8 Å². The van der Waals surface area contributed by atoms with Crippen molar-refractivity contribution < 1.29 is 22.7 Å². The molecule has 2 amide bonds. The van der Waals surface area contributed by atoms with Crippen molar-refractivity contribution in [2.24, 2.45) is 0 Å². The third-order valence-corrected chi connectivity index (χ3v) is 8.28. The summed E-state index contributed by atoms with van der Waals surface area (Å²) >= 11 is 0. The van der Waals surface area contributed by atoms with Gasteiger partial charge in [0.15, 0.2) is 0 Å².